The van der Waals surface area contributed by atoms with Crippen LogP contribution in [0.4, 0.5) is 18.3 Å². The van der Waals surface area contributed by atoms with Crippen molar-refractivity contribution < 1.29 is 26.9 Å². The first-order valence-electron chi connectivity index (χ1n) is 7.12. The fraction of sp³-hybridized carbons (Fsp3) is 0.125. The van der Waals surface area contributed by atoms with Crippen molar-refractivity contribution in [3.05, 3.63) is 48.0 Å². The zero-order valence-corrected chi connectivity index (χ0v) is 14.8. The molecule has 0 saturated carbocycles. The van der Waals surface area contributed by atoms with Gasteiger partial charge in [-0.1, -0.05) is 11.3 Å². The lowest BCUT2D eigenvalue weighted by atomic mass is 10.2. The minimum absolute atomic E-state index is 0.248. The summed E-state index contributed by atoms with van der Waals surface area (Å²) in [7, 11) is -1.14. The minimum atomic E-state index is -4.77. The highest BCUT2D eigenvalue weighted by atomic mass is 32.2. The molecule has 0 bridgehead atoms. The van der Waals surface area contributed by atoms with Crippen LogP contribution in [0.3, 0.4) is 0 Å². The van der Waals surface area contributed by atoms with Gasteiger partial charge in [0.15, 0.2) is 5.13 Å². The van der Waals surface area contributed by atoms with Crippen LogP contribution in [0.25, 0.3) is 10.2 Å². The van der Waals surface area contributed by atoms with E-state index in [0.29, 0.717) is 20.7 Å². The summed E-state index contributed by atoms with van der Waals surface area (Å²) in [6, 6.07) is 10.00. The number of anilines is 1. The lowest BCUT2D eigenvalue weighted by Crippen LogP contribution is -2.16. The van der Waals surface area contributed by atoms with Gasteiger partial charge in [-0.05, 0) is 36.4 Å². The molecule has 3 aromatic rings. The number of fused-ring (bicyclic) bond motifs is 1. The number of nitrogens with zero attached hydrogens (tertiary/aromatic N) is 1. The summed E-state index contributed by atoms with van der Waals surface area (Å²) >= 11 is 1.03. The van der Waals surface area contributed by atoms with E-state index < -0.39 is 23.1 Å². The third-order valence-electron chi connectivity index (χ3n) is 3.26. The molecule has 1 N–H and O–H groups in total. The Morgan fingerprint density at radius 2 is 1.88 bits per heavy atom. The van der Waals surface area contributed by atoms with Gasteiger partial charge in [0.1, 0.15) is 5.75 Å². The Bertz CT molecular complexity index is 985. The molecule has 1 unspecified atom stereocenters. The Hall–Kier alpha value is -2.46. The van der Waals surface area contributed by atoms with Crippen molar-refractivity contribution in [2.75, 3.05) is 11.6 Å². The summed E-state index contributed by atoms with van der Waals surface area (Å²) in [4.78, 5) is 17.0. The van der Waals surface area contributed by atoms with Crippen LogP contribution in [0.5, 0.6) is 5.75 Å². The second kappa shape index (κ2) is 7.04. The van der Waals surface area contributed by atoms with Gasteiger partial charge in [-0.15, -0.1) is 13.2 Å². The summed E-state index contributed by atoms with van der Waals surface area (Å²) in [5.74, 6) is -0.779. The molecule has 1 heterocycles. The van der Waals surface area contributed by atoms with Crippen molar-refractivity contribution in [1.29, 1.82) is 0 Å². The largest absolute Gasteiger partial charge is 0.573 e. The Morgan fingerprint density at radius 1 is 1.19 bits per heavy atom. The van der Waals surface area contributed by atoms with Crippen LogP contribution in [-0.4, -0.2) is 27.7 Å². The molecule has 0 fully saturated rings. The van der Waals surface area contributed by atoms with Gasteiger partial charge in [-0.25, -0.2) is 4.98 Å². The number of carbonyl (C=O) groups excluding carboxylic acids is 1. The zero-order chi connectivity index (χ0) is 18.9. The molecule has 1 amide bonds. The molecule has 0 saturated heterocycles. The molecule has 0 aliphatic rings. The molecule has 0 aliphatic carbocycles. The van der Waals surface area contributed by atoms with Gasteiger partial charge in [0.25, 0.3) is 5.91 Å². The molecule has 2 aromatic carbocycles. The van der Waals surface area contributed by atoms with E-state index in [2.05, 4.69) is 15.0 Å². The number of ether oxygens (including phenoxy) is 1. The molecule has 26 heavy (non-hydrogen) atoms. The maximum Gasteiger partial charge on any atom is 0.573 e. The van der Waals surface area contributed by atoms with Crippen LogP contribution >= 0.6 is 11.3 Å². The molecule has 0 spiro atoms. The Kier molecular flexibility index (Phi) is 4.97. The van der Waals surface area contributed by atoms with Gasteiger partial charge in [0.05, 0.1) is 10.2 Å². The number of thiazole rings is 1. The van der Waals surface area contributed by atoms with Gasteiger partial charge >= 0.3 is 6.36 Å². The molecule has 10 heteroatoms. The van der Waals surface area contributed by atoms with E-state index in [1.807, 2.05) is 0 Å². The molecule has 136 valence electrons. The van der Waals surface area contributed by atoms with Crippen molar-refractivity contribution >= 4 is 43.4 Å². The number of nitrogens with one attached hydrogen (secondary N) is 1. The van der Waals surface area contributed by atoms with Crippen LogP contribution < -0.4 is 10.1 Å². The number of alkyl halides is 3. The third-order valence-corrected chi connectivity index (χ3v) is 5.13. The maximum atomic E-state index is 12.3. The van der Waals surface area contributed by atoms with Gasteiger partial charge in [-0.3, -0.25) is 14.3 Å². The average molecular weight is 400 g/mol. The SMILES string of the molecule is CS(=O)c1ccc(C(=O)Nc2nc3ccc(OC(F)(F)F)cc3s2)cc1. The van der Waals surface area contributed by atoms with E-state index in [1.54, 1.807) is 12.1 Å². The molecule has 5 nitrogen and oxygen atoms in total. The van der Waals surface area contributed by atoms with E-state index in [1.165, 1.54) is 30.5 Å². The summed E-state index contributed by atoms with van der Waals surface area (Å²) in [5.41, 5.74) is 0.788. The standard InChI is InChI=1S/C16H11F3N2O3S2/c1-26(23)11-5-2-9(3-6-11)14(22)21-15-20-12-7-4-10(8-13(12)25-15)24-16(17,18)19/h2-8H,1H3,(H,20,21,22). The molecule has 0 radical (unpaired) electrons. The van der Waals surface area contributed by atoms with Gasteiger partial charge in [-0.2, -0.15) is 0 Å². The topological polar surface area (TPSA) is 68.3 Å². The molecular weight excluding hydrogens is 389 g/mol. The predicted molar refractivity (Wildman–Crippen MR) is 93.0 cm³/mol. The van der Waals surface area contributed by atoms with Crippen LogP contribution in [0.15, 0.2) is 47.4 Å². The molecular formula is C16H11F3N2O3S2. The monoisotopic (exact) mass is 400 g/mol. The summed E-state index contributed by atoms with van der Waals surface area (Å²) in [6.45, 7) is 0. The zero-order valence-electron chi connectivity index (χ0n) is 13.2. The summed E-state index contributed by atoms with van der Waals surface area (Å²) < 4.78 is 52.5. The number of hydrogen-bond donors (Lipinski definition) is 1. The van der Waals surface area contributed by atoms with Crippen LogP contribution in [0.1, 0.15) is 10.4 Å². The Labute approximate surface area is 152 Å². The van der Waals surface area contributed by atoms with Gasteiger partial charge in [0, 0.05) is 33.6 Å². The smallest absolute Gasteiger partial charge is 0.406 e. The Morgan fingerprint density at radius 3 is 2.50 bits per heavy atom. The summed E-state index contributed by atoms with van der Waals surface area (Å²) in [6.07, 6.45) is -3.24. The van der Waals surface area contributed by atoms with Crippen molar-refractivity contribution in [1.82, 2.24) is 4.98 Å². The number of aromatic nitrogens is 1. The number of hydrogen-bond acceptors (Lipinski definition) is 5. The van der Waals surface area contributed by atoms with Crippen molar-refractivity contribution in [3.8, 4) is 5.75 Å². The first kappa shape index (κ1) is 18.3. The van der Waals surface area contributed by atoms with E-state index in [9.17, 15) is 22.2 Å². The van der Waals surface area contributed by atoms with Gasteiger partial charge < -0.3 is 4.74 Å². The van der Waals surface area contributed by atoms with Gasteiger partial charge in [0.2, 0.25) is 0 Å². The number of halogens is 3. The third kappa shape index (κ3) is 4.38. The second-order valence-electron chi connectivity index (χ2n) is 5.13. The van der Waals surface area contributed by atoms with E-state index in [0.717, 1.165) is 17.4 Å². The maximum absolute atomic E-state index is 12.3. The van der Waals surface area contributed by atoms with Crippen molar-refractivity contribution in [3.63, 3.8) is 0 Å². The van der Waals surface area contributed by atoms with Crippen LogP contribution in [0.2, 0.25) is 0 Å². The van der Waals surface area contributed by atoms with E-state index >= 15 is 0 Å². The molecule has 1 aromatic heterocycles. The second-order valence-corrected chi connectivity index (χ2v) is 7.54. The molecule has 1 atom stereocenters. The van der Waals surface area contributed by atoms with Crippen LogP contribution in [-0.2, 0) is 10.8 Å². The number of benzene rings is 2. The summed E-state index contributed by atoms with van der Waals surface area (Å²) in [5, 5.41) is 2.84. The fourth-order valence-electron chi connectivity index (χ4n) is 2.12. The van der Waals surface area contributed by atoms with Crippen molar-refractivity contribution in [2.24, 2.45) is 0 Å². The van der Waals surface area contributed by atoms with E-state index in [4.69, 9.17) is 0 Å². The fourth-order valence-corrected chi connectivity index (χ4v) is 3.53. The highest BCUT2D eigenvalue weighted by Gasteiger charge is 2.31. The minimum Gasteiger partial charge on any atom is -0.406 e. The highest BCUT2D eigenvalue weighted by molar-refractivity contribution is 7.84. The highest BCUT2D eigenvalue weighted by Crippen LogP contribution is 2.31. The number of rotatable bonds is 4. The molecule has 0 aliphatic heterocycles. The number of amides is 1. The lowest BCUT2D eigenvalue weighted by Gasteiger charge is -2.07. The quantitative estimate of drug-likeness (QED) is 0.713. The lowest BCUT2D eigenvalue weighted by molar-refractivity contribution is -0.274. The Balaban J connectivity index is 1.77. The van der Waals surface area contributed by atoms with E-state index in [-0.39, 0.29) is 10.9 Å². The normalized spacial score (nSPS) is 12.8. The average Bonchev–Trinajstić information content (AvgIpc) is 2.94. The number of carbonyl (C=O) groups is 1. The molecule has 3 rings (SSSR count). The van der Waals surface area contributed by atoms with Crippen molar-refractivity contribution in [2.45, 2.75) is 11.3 Å². The van der Waals surface area contributed by atoms with Crippen LogP contribution in [0, 0.1) is 0 Å². The first-order chi connectivity index (χ1) is 12.2. The predicted octanol–water partition coefficient (Wildman–Crippen LogP) is 4.18. The first-order valence-corrected chi connectivity index (χ1v) is 9.50.